The molecule has 6 heteroatoms. The Morgan fingerprint density at radius 2 is 1.72 bits per heavy atom. The van der Waals surface area contributed by atoms with Crippen LogP contribution in [-0.4, -0.2) is 23.0 Å². The molecule has 3 aromatic rings. The van der Waals surface area contributed by atoms with Crippen molar-refractivity contribution in [3.8, 4) is 5.75 Å². The molecule has 0 aliphatic carbocycles. The summed E-state index contributed by atoms with van der Waals surface area (Å²) in [6.07, 6.45) is 10.7. The second-order valence-corrected chi connectivity index (χ2v) is 8.20. The number of benzene rings is 2. The number of aromatic nitrogens is 1. The minimum absolute atomic E-state index is 0.0157. The van der Waals surface area contributed by atoms with Crippen molar-refractivity contribution in [3.63, 3.8) is 0 Å². The number of ether oxygens (including phenoxy) is 1. The lowest BCUT2D eigenvalue weighted by Gasteiger charge is -2.09. The summed E-state index contributed by atoms with van der Waals surface area (Å²) in [7, 11) is 0. The van der Waals surface area contributed by atoms with Crippen LogP contribution in [0.5, 0.6) is 5.75 Å². The molecular formula is C26H33N3O3. The number of ketones is 1. The molecule has 2 aromatic carbocycles. The molecular weight excluding hydrogens is 402 g/mol. The van der Waals surface area contributed by atoms with Gasteiger partial charge in [-0.15, -0.1) is 0 Å². The first kappa shape index (κ1) is 23.4. The van der Waals surface area contributed by atoms with E-state index < -0.39 is 6.03 Å². The second kappa shape index (κ2) is 11.9. The average Bonchev–Trinajstić information content (AvgIpc) is 3.17. The van der Waals surface area contributed by atoms with Crippen LogP contribution >= 0.6 is 0 Å². The molecule has 1 aromatic heterocycles. The quantitative estimate of drug-likeness (QED) is 0.339. The number of primary amides is 1. The van der Waals surface area contributed by atoms with Crippen molar-refractivity contribution in [1.29, 1.82) is 0 Å². The Balaban J connectivity index is 1.44. The molecule has 0 bridgehead atoms. The summed E-state index contributed by atoms with van der Waals surface area (Å²) in [4.78, 5) is 23.4. The van der Waals surface area contributed by atoms with Crippen LogP contribution in [0.2, 0.25) is 0 Å². The number of fused-ring (bicyclic) bond motifs is 1. The predicted octanol–water partition coefficient (Wildman–Crippen LogP) is 5.68. The number of nitrogens with one attached hydrogen (secondary N) is 1. The number of amides is 2. The summed E-state index contributed by atoms with van der Waals surface area (Å²) in [5.41, 5.74) is 8.00. The molecule has 0 atom stereocenters. The van der Waals surface area contributed by atoms with Gasteiger partial charge in [0, 0.05) is 22.8 Å². The number of unbranched alkanes of at least 4 members (excludes halogenated alkanes) is 5. The fourth-order valence-corrected chi connectivity index (χ4v) is 3.82. The van der Waals surface area contributed by atoms with E-state index in [1.807, 2.05) is 41.1 Å². The molecule has 0 radical (unpaired) electrons. The van der Waals surface area contributed by atoms with E-state index in [2.05, 4.69) is 24.4 Å². The number of hydrogen-bond acceptors (Lipinski definition) is 3. The first-order chi connectivity index (χ1) is 15.5. The maximum Gasteiger partial charge on any atom is 0.316 e. The number of Topliss-reactive ketones (excluding diaryl/α,β-unsaturated/α-hetero) is 1. The third-order valence-corrected chi connectivity index (χ3v) is 5.53. The number of hydrogen-bond donors (Lipinski definition) is 2. The molecule has 0 saturated heterocycles. The normalized spacial score (nSPS) is 10.9. The average molecular weight is 436 g/mol. The zero-order chi connectivity index (χ0) is 22.8. The molecule has 0 fully saturated rings. The molecule has 0 unspecified atom stereocenters. The highest BCUT2D eigenvalue weighted by atomic mass is 16.5. The molecule has 0 saturated carbocycles. The third-order valence-electron chi connectivity index (χ3n) is 5.53. The van der Waals surface area contributed by atoms with Crippen LogP contribution in [0.1, 0.15) is 51.0 Å². The molecule has 32 heavy (non-hydrogen) atoms. The molecule has 1 heterocycles. The van der Waals surface area contributed by atoms with Crippen LogP contribution in [0.15, 0.2) is 54.7 Å². The molecule has 6 nitrogen and oxygen atoms in total. The van der Waals surface area contributed by atoms with Crippen molar-refractivity contribution in [2.75, 3.05) is 11.9 Å². The summed E-state index contributed by atoms with van der Waals surface area (Å²) in [6, 6.07) is 14.8. The zero-order valence-electron chi connectivity index (χ0n) is 18.8. The number of urea groups is 1. The Labute approximate surface area is 189 Å². The number of nitrogens with zero attached hydrogens (tertiary/aromatic N) is 1. The number of aryl methyl sites for hydroxylation is 1. The van der Waals surface area contributed by atoms with Gasteiger partial charge in [0.2, 0.25) is 0 Å². The van der Waals surface area contributed by atoms with Crippen LogP contribution in [0.4, 0.5) is 10.5 Å². The molecule has 0 aliphatic heterocycles. The third kappa shape index (κ3) is 7.15. The molecule has 3 N–H and O–H groups in total. The molecule has 2 amide bonds. The van der Waals surface area contributed by atoms with E-state index in [1.54, 1.807) is 6.07 Å². The van der Waals surface area contributed by atoms with Crippen LogP contribution in [0.3, 0.4) is 0 Å². The Bertz CT molecular complexity index is 1020. The lowest BCUT2D eigenvalue weighted by Crippen LogP contribution is -2.19. The van der Waals surface area contributed by atoms with E-state index in [9.17, 15) is 9.59 Å². The van der Waals surface area contributed by atoms with Gasteiger partial charge in [-0.3, -0.25) is 4.79 Å². The first-order valence-corrected chi connectivity index (χ1v) is 11.4. The van der Waals surface area contributed by atoms with Gasteiger partial charge < -0.3 is 20.4 Å². The van der Waals surface area contributed by atoms with Crippen molar-refractivity contribution in [2.24, 2.45) is 5.73 Å². The van der Waals surface area contributed by atoms with Gasteiger partial charge in [-0.05, 0) is 54.8 Å². The maximum atomic E-state index is 12.4. The minimum atomic E-state index is -0.605. The lowest BCUT2D eigenvalue weighted by atomic mass is 10.0. The van der Waals surface area contributed by atoms with E-state index in [0.717, 1.165) is 17.3 Å². The smallest absolute Gasteiger partial charge is 0.316 e. The van der Waals surface area contributed by atoms with Gasteiger partial charge in [-0.2, -0.15) is 0 Å². The second-order valence-electron chi connectivity index (χ2n) is 8.20. The molecule has 0 aliphatic rings. The van der Waals surface area contributed by atoms with Crippen molar-refractivity contribution in [1.82, 2.24) is 4.57 Å². The minimum Gasteiger partial charge on any atom is -0.486 e. The largest absolute Gasteiger partial charge is 0.486 e. The summed E-state index contributed by atoms with van der Waals surface area (Å²) < 4.78 is 7.57. The number of anilines is 1. The van der Waals surface area contributed by atoms with Crippen LogP contribution in [0.25, 0.3) is 10.9 Å². The van der Waals surface area contributed by atoms with Gasteiger partial charge in [0.05, 0.1) is 6.54 Å². The van der Waals surface area contributed by atoms with E-state index in [4.69, 9.17) is 10.5 Å². The predicted molar refractivity (Wildman–Crippen MR) is 129 cm³/mol. The van der Waals surface area contributed by atoms with E-state index >= 15 is 0 Å². The van der Waals surface area contributed by atoms with Gasteiger partial charge in [0.25, 0.3) is 0 Å². The van der Waals surface area contributed by atoms with Gasteiger partial charge in [-0.1, -0.05) is 51.2 Å². The first-order valence-electron chi connectivity index (χ1n) is 11.4. The molecule has 3 rings (SSSR count). The van der Waals surface area contributed by atoms with Crippen molar-refractivity contribution >= 4 is 28.4 Å². The van der Waals surface area contributed by atoms with Gasteiger partial charge in [-0.25, -0.2) is 4.79 Å². The Morgan fingerprint density at radius 3 is 2.47 bits per heavy atom. The molecule has 0 spiro atoms. The topological polar surface area (TPSA) is 86.3 Å². The van der Waals surface area contributed by atoms with Gasteiger partial charge >= 0.3 is 6.03 Å². The van der Waals surface area contributed by atoms with Crippen LogP contribution < -0.4 is 15.8 Å². The number of carbonyl (C=O) groups excluding carboxylic acids is 2. The number of nitrogens with two attached hydrogens (primary N) is 1. The monoisotopic (exact) mass is 435 g/mol. The summed E-state index contributed by atoms with van der Waals surface area (Å²) in [6.45, 7) is 2.49. The highest BCUT2D eigenvalue weighted by molar-refractivity contribution is 5.92. The Kier molecular flexibility index (Phi) is 8.72. The van der Waals surface area contributed by atoms with Crippen LogP contribution in [0, 0.1) is 0 Å². The van der Waals surface area contributed by atoms with E-state index in [1.165, 1.54) is 44.1 Å². The van der Waals surface area contributed by atoms with E-state index in [0.29, 0.717) is 11.4 Å². The Morgan fingerprint density at radius 1 is 0.969 bits per heavy atom. The summed E-state index contributed by atoms with van der Waals surface area (Å²) in [5, 5.41) is 3.48. The maximum absolute atomic E-state index is 12.4. The number of rotatable bonds is 13. The highest BCUT2D eigenvalue weighted by Gasteiger charge is 2.09. The summed E-state index contributed by atoms with van der Waals surface area (Å²) >= 11 is 0. The fourth-order valence-electron chi connectivity index (χ4n) is 3.82. The Hall–Kier alpha value is -3.28. The SMILES string of the molecule is CCCCCCCCc1ccc(OCC(=O)Cn2ccc3cc(NC(N)=O)ccc32)cc1. The fraction of sp³-hybridized carbons (Fsp3) is 0.385. The molecule has 170 valence electrons. The summed E-state index contributed by atoms with van der Waals surface area (Å²) in [5.74, 6) is 0.697. The number of carbonyl (C=O) groups is 2. The standard InChI is InChI=1S/C26H33N3O3/c1-2-3-4-5-6-7-8-20-9-12-24(13-10-20)32-19-23(30)18-29-16-15-21-17-22(28-26(27)31)11-14-25(21)29/h9-17H,2-8,18-19H2,1H3,(H3,27,28,31). The van der Waals surface area contributed by atoms with Crippen molar-refractivity contribution < 1.29 is 14.3 Å². The van der Waals surface area contributed by atoms with Crippen molar-refractivity contribution in [2.45, 2.75) is 58.4 Å². The zero-order valence-corrected chi connectivity index (χ0v) is 18.8. The van der Waals surface area contributed by atoms with Crippen LogP contribution in [-0.2, 0) is 17.8 Å². The lowest BCUT2D eigenvalue weighted by molar-refractivity contribution is -0.121. The van der Waals surface area contributed by atoms with E-state index in [-0.39, 0.29) is 18.9 Å². The van der Waals surface area contributed by atoms with Crippen molar-refractivity contribution in [3.05, 3.63) is 60.3 Å². The van der Waals surface area contributed by atoms with Gasteiger partial charge in [0.1, 0.15) is 12.4 Å². The van der Waals surface area contributed by atoms with Gasteiger partial charge in [0.15, 0.2) is 5.78 Å². The highest BCUT2D eigenvalue weighted by Crippen LogP contribution is 2.21.